The molecule has 2 fully saturated rings. The van der Waals surface area contributed by atoms with Gasteiger partial charge in [0.05, 0.1) is 12.3 Å². The number of hydrogen-bond donors (Lipinski definition) is 1. The van der Waals surface area contributed by atoms with E-state index in [4.69, 9.17) is 5.73 Å². The summed E-state index contributed by atoms with van der Waals surface area (Å²) in [5.41, 5.74) is 5.98. The minimum atomic E-state index is -3.01. The average molecular weight is 416 g/mol. The number of rotatable bonds is 3. The maximum absolute atomic E-state index is 11.6. The van der Waals surface area contributed by atoms with Crippen LogP contribution < -0.4 is 5.73 Å². The zero-order valence-corrected chi connectivity index (χ0v) is 15.0. The van der Waals surface area contributed by atoms with Crippen molar-refractivity contribution in [3.05, 3.63) is 0 Å². The molecule has 2 rings (SSSR count). The third-order valence-corrected chi connectivity index (χ3v) is 5.71. The van der Waals surface area contributed by atoms with Gasteiger partial charge in [-0.2, -0.15) is 0 Å². The SMILES string of the molecule is I.NC(=NCCN1CCCS1(=O)=O)N1CCCCCC1. The van der Waals surface area contributed by atoms with Gasteiger partial charge >= 0.3 is 0 Å². The van der Waals surface area contributed by atoms with Crippen LogP contribution in [0, 0.1) is 0 Å². The van der Waals surface area contributed by atoms with Crippen LogP contribution in [0.2, 0.25) is 0 Å². The molecule has 2 N–H and O–H groups in total. The van der Waals surface area contributed by atoms with E-state index in [-0.39, 0.29) is 29.7 Å². The summed E-state index contributed by atoms with van der Waals surface area (Å²) in [7, 11) is -3.01. The fourth-order valence-corrected chi connectivity index (χ4v) is 4.14. The van der Waals surface area contributed by atoms with Crippen molar-refractivity contribution in [2.24, 2.45) is 10.7 Å². The third kappa shape index (κ3) is 5.03. The first kappa shape index (κ1) is 18.0. The highest BCUT2D eigenvalue weighted by Gasteiger charge is 2.27. The molecule has 0 radical (unpaired) electrons. The molecule has 0 bridgehead atoms. The van der Waals surface area contributed by atoms with Gasteiger partial charge in [-0.3, -0.25) is 4.99 Å². The molecule has 2 aliphatic rings. The lowest BCUT2D eigenvalue weighted by Crippen LogP contribution is -2.38. The van der Waals surface area contributed by atoms with Gasteiger partial charge in [0.15, 0.2) is 5.96 Å². The number of aliphatic imine (C=N–C) groups is 1. The van der Waals surface area contributed by atoms with Crippen LogP contribution in [0.25, 0.3) is 0 Å². The van der Waals surface area contributed by atoms with E-state index in [9.17, 15) is 8.42 Å². The number of guanidine groups is 1. The minimum absolute atomic E-state index is 0. The Balaban J connectivity index is 0.00000200. The summed E-state index contributed by atoms with van der Waals surface area (Å²) in [4.78, 5) is 6.45. The van der Waals surface area contributed by atoms with E-state index in [0.717, 1.165) is 32.4 Å². The van der Waals surface area contributed by atoms with Crippen LogP contribution in [0.1, 0.15) is 32.1 Å². The maximum Gasteiger partial charge on any atom is 0.214 e. The van der Waals surface area contributed by atoms with Gasteiger partial charge in [-0.1, -0.05) is 12.8 Å². The number of sulfonamides is 1. The van der Waals surface area contributed by atoms with Crippen LogP contribution in [-0.2, 0) is 10.0 Å². The molecule has 0 aliphatic carbocycles. The molecule has 118 valence electrons. The van der Waals surface area contributed by atoms with Crippen LogP contribution in [0.5, 0.6) is 0 Å². The van der Waals surface area contributed by atoms with E-state index in [1.807, 2.05) is 0 Å². The third-order valence-electron chi connectivity index (χ3n) is 3.76. The molecule has 0 atom stereocenters. The Hall–Kier alpha value is -0.0900. The number of nitrogens with two attached hydrogens (primary N) is 1. The first-order valence-corrected chi connectivity index (χ1v) is 8.73. The van der Waals surface area contributed by atoms with Gasteiger partial charge in [-0.15, -0.1) is 24.0 Å². The molecule has 0 saturated carbocycles. The molecule has 2 saturated heterocycles. The van der Waals surface area contributed by atoms with Crippen molar-refractivity contribution in [2.45, 2.75) is 32.1 Å². The van der Waals surface area contributed by atoms with Crippen molar-refractivity contribution in [3.63, 3.8) is 0 Å². The first-order chi connectivity index (χ1) is 9.09. The normalized spacial score (nSPS) is 24.2. The molecule has 0 unspecified atom stereocenters. The number of hydrogen-bond acceptors (Lipinski definition) is 3. The van der Waals surface area contributed by atoms with Crippen molar-refractivity contribution in [2.75, 3.05) is 38.5 Å². The molecule has 0 spiro atoms. The van der Waals surface area contributed by atoms with E-state index in [2.05, 4.69) is 9.89 Å². The Morgan fingerprint density at radius 3 is 2.25 bits per heavy atom. The zero-order chi connectivity index (χ0) is 13.7. The predicted molar refractivity (Wildman–Crippen MR) is 91.9 cm³/mol. The lowest BCUT2D eigenvalue weighted by molar-refractivity contribution is 0.423. The number of halogens is 1. The van der Waals surface area contributed by atoms with E-state index in [1.165, 1.54) is 17.1 Å². The average Bonchev–Trinajstić information content (AvgIpc) is 2.59. The first-order valence-electron chi connectivity index (χ1n) is 7.12. The van der Waals surface area contributed by atoms with Crippen LogP contribution in [0.15, 0.2) is 4.99 Å². The fraction of sp³-hybridized carbons (Fsp3) is 0.917. The second-order valence-electron chi connectivity index (χ2n) is 5.21. The van der Waals surface area contributed by atoms with Crippen molar-refractivity contribution in [1.82, 2.24) is 9.21 Å². The van der Waals surface area contributed by atoms with E-state index in [0.29, 0.717) is 25.6 Å². The highest BCUT2D eigenvalue weighted by molar-refractivity contribution is 14.0. The number of likely N-dealkylation sites (tertiary alicyclic amines) is 1. The summed E-state index contributed by atoms with van der Waals surface area (Å²) in [5.74, 6) is 0.844. The molecular weight excluding hydrogens is 391 g/mol. The Labute approximate surface area is 138 Å². The number of nitrogens with zero attached hydrogens (tertiary/aromatic N) is 3. The molecular formula is C12H25IN4O2S. The summed E-state index contributed by atoms with van der Waals surface area (Å²) >= 11 is 0. The minimum Gasteiger partial charge on any atom is -0.370 e. The second-order valence-corrected chi connectivity index (χ2v) is 7.30. The topological polar surface area (TPSA) is 79.0 Å². The molecule has 0 aromatic rings. The monoisotopic (exact) mass is 416 g/mol. The van der Waals surface area contributed by atoms with Crippen molar-refractivity contribution in [1.29, 1.82) is 0 Å². The fourth-order valence-electron chi connectivity index (χ4n) is 2.62. The Kier molecular flexibility index (Phi) is 7.52. The van der Waals surface area contributed by atoms with Crippen molar-refractivity contribution < 1.29 is 8.42 Å². The Morgan fingerprint density at radius 2 is 1.70 bits per heavy atom. The molecule has 8 heteroatoms. The van der Waals surface area contributed by atoms with Gasteiger partial charge in [0.25, 0.3) is 0 Å². The van der Waals surface area contributed by atoms with Gasteiger partial charge < -0.3 is 10.6 Å². The van der Waals surface area contributed by atoms with Crippen molar-refractivity contribution in [3.8, 4) is 0 Å². The quantitative estimate of drug-likeness (QED) is 0.420. The van der Waals surface area contributed by atoms with Crippen LogP contribution in [-0.4, -0.2) is 62.1 Å². The van der Waals surface area contributed by atoms with Crippen molar-refractivity contribution >= 4 is 40.0 Å². The maximum atomic E-state index is 11.6. The largest absolute Gasteiger partial charge is 0.370 e. The summed E-state index contributed by atoms with van der Waals surface area (Å²) < 4.78 is 24.8. The van der Waals surface area contributed by atoms with Crippen LogP contribution >= 0.6 is 24.0 Å². The highest BCUT2D eigenvalue weighted by atomic mass is 127. The summed E-state index contributed by atoms with van der Waals surface area (Å²) in [6.07, 6.45) is 5.58. The summed E-state index contributed by atoms with van der Waals surface area (Å²) in [6, 6.07) is 0. The summed E-state index contributed by atoms with van der Waals surface area (Å²) in [6.45, 7) is 3.48. The van der Waals surface area contributed by atoms with Crippen LogP contribution in [0.3, 0.4) is 0 Å². The zero-order valence-electron chi connectivity index (χ0n) is 11.8. The Morgan fingerprint density at radius 1 is 1.05 bits per heavy atom. The van der Waals surface area contributed by atoms with E-state index in [1.54, 1.807) is 0 Å². The van der Waals surface area contributed by atoms with Gasteiger partial charge in [-0.25, -0.2) is 12.7 Å². The molecule has 2 heterocycles. The molecule has 0 aromatic heterocycles. The molecule has 0 aromatic carbocycles. The predicted octanol–water partition coefficient (Wildman–Crippen LogP) is 0.831. The summed E-state index contributed by atoms with van der Waals surface area (Å²) in [5, 5.41) is 0. The molecule has 6 nitrogen and oxygen atoms in total. The highest BCUT2D eigenvalue weighted by Crippen LogP contribution is 2.12. The van der Waals surface area contributed by atoms with Gasteiger partial charge in [0.1, 0.15) is 0 Å². The lowest BCUT2D eigenvalue weighted by atomic mass is 10.2. The van der Waals surface area contributed by atoms with Crippen LogP contribution in [0.4, 0.5) is 0 Å². The smallest absolute Gasteiger partial charge is 0.214 e. The second kappa shape index (κ2) is 8.38. The van der Waals surface area contributed by atoms with Gasteiger partial charge in [0.2, 0.25) is 10.0 Å². The lowest BCUT2D eigenvalue weighted by Gasteiger charge is -2.21. The van der Waals surface area contributed by atoms with Gasteiger partial charge in [0, 0.05) is 26.2 Å². The van der Waals surface area contributed by atoms with E-state index < -0.39 is 10.0 Å². The standard InChI is InChI=1S/C12H24N4O2S.HI/c13-12(15-7-3-1-2-4-8-15)14-6-10-16-9-5-11-19(16,17)18;/h1-11H2,(H2,13,14);1H. The molecule has 20 heavy (non-hydrogen) atoms. The van der Waals surface area contributed by atoms with Gasteiger partial charge in [-0.05, 0) is 19.3 Å². The molecule has 2 aliphatic heterocycles. The molecule has 0 amide bonds. The van der Waals surface area contributed by atoms with E-state index >= 15 is 0 Å². The Bertz CT molecular complexity index is 419.